The Labute approximate surface area is 187 Å². The fourth-order valence-electron chi connectivity index (χ4n) is 3.85. The monoisotopic (exact) mass is 465 g/mol. The van der Waals surface area contributed by atoms with Crippen LogP contribution in [0.3, 0.4) is 0 Å². The van der Waals surface area contributed by atoms with Crippen molar-refractivity contribution in [3.8, 4) is 0 Å². The van der Waals surface area contributed by atoms with Gasteiger partial charge in [-0.25, -0.2) is 0 Å². The number of nitrogens with one attached hydrogen (secondary N) is 1. The second kappa shape index (κ2) is 8.28. The van der Waals surface area contributed by atoms with Gasteiger partial charge in [0.2, 0.25) is 11.8 Å². The number of rotatable bonds is 5. The topological polar surface area (TPSA) is 86.8 Å². The van der Waals surface area contributed by atoms with Crippen molar-refractivity contribution in [1.29, 1.82) is 0 Å². The molecule has 0 spiro atoms. The molecule has 0 aromatic heterocycles. The summed E-state index contributed by atoms with van der Waals surface area (Å²) in [5.41, 5.74) is 0.662. The second-order valence-electron chi connectivity index (χ2n) is 7.41. The van der Waals surface area contributed by atoms with E-state index in [1.807, 2.05) is 6.92 Å². The largest absolute Gasteiger partial charge is 0.352 e. The summed E-state index contributed by atoms with van der Waals surface area (Å²) in [5, 5.41) is 2.89. The number of benzene rings is 1. The molecule has 1 aromatic rings. The first-order chi connectivity index (χ1) is 14.3. The maximum atomic E-state index is 12.6. The molecular formula is C20H20ClN3O4S2. The third-order valence-electron chi connectivity index (χ3n) is 5.45. The summed E-state index contributed by atoms with van der Waals surface area (Å²) in [6.45, 7) is 2.19. The molecule has 3 saturated heterocycles. The van der Waals surface area contributed by atoms with Gasteiger partial charge in [-0.3, -0.25) is 24.1 Å². The van der Waals surface area contributed by atoms with Gasteiger partial charge >= 0.3 is 0 Å². The molecule has 4 rings (SSSR count). The minimum Gasteiger partial charge on any atom is -0.352 e. The average Bonchev–Trinajstić information content (AvgIpc) is 3.30. The quantitative estimate of drug-likeness (QED) is 0.673. The highest BCUT2D eigenvalue weighted by Crippen LogP contribution is 2.47. The molecule has 2 atom stereocenters. The van der Waals surface area contributed by atoms with Crippen LogP contribution in [0.15, 0.2) is 29.2 Å². The number of carbonyl (C=O) groups excluding carboxylic acids is 4. The number of nitrogens with zero attached hydrogens (tertiary/aromatic N) is 2. The van der Waals surface area contributed by atoms with Crippen LogP contribution < -0.4 is 5.32 Å². The van der Waals surface area contributed by atoms with Gasteiger partial charge in [0.05, 0.1) is 9.78 Å². The Morgan fingerprint density at radius 2 is 2.10 bits per heavy atom. The van der Waals surface area contributed by atoms with Crippen molar-refractivity contribution in [1.82, 2.24) is 15.1 Å². The maximum absolute atomic E-state index is 12.6. The second-order valence-corrected chi connectivity index (χ2v) is 10.3. The van der Waals surface area contributed by atoms with Crippen LogP contribution in [0.5, 0.6) is 0 Å². The van der Waals surface area contributed by atoms with Crippen LogP contribution in [0, 0.1) is 0 Å². The van der Waals surface area contributed by atoms with E-state index in [4.69, 9.17) is 11.6 Å². The summed E-state index contributed by atoms with van der Waals surface area (Å²) in [4.78, 5) is 52.4. The van der Waals surface area contributed by atoms with Crippen LogP contribution in [-0.4, -0.2) is 62.5 Å². The van der Waals surface area contributed by atoms with Crippen molar-refractivity contribution >= 4 is 64.2 Å². The van der Waals surface area contributed by atoms with Crippen LogP contribution in [0.25, 0.3) is 6.08 Å². The Bertz CT molecular complexity index is 969. The Balaban J connectivity index is 1.35. The zero-order valence-corrected chi connectivity index (χ0v) is 18.6. The molecule has 10 heteroatoms. The highest BCUT2D eigenvalue weighted by Gasteiger charge is 2.52. The molecule has 1 N–H and O–H groups in total. The third kappa shape index (κ3) is 3.86. The van der Waals surface area contributed by atoms with E-state index >= 15 is 0 Å². The molecule has 1 aromatic carbocycles. The molecule has 7 nitrogen and oxygen atoms in total. The van der Waals surface area contributed by atoms with E-state index < -0.39 is 11.9 Å². The summed E-state index contributed by atoms with van der Waals surface area (Å²) >= 11 is 8.60. The Morgan fingerprint density at radius 1 is 1.33 bits per heavy atom. The van der Waals surface area contributed by atoms with Crippen molar-refractivity contribution in [2.45, 2.75) is 30.7 Å². The van der Waals surface area contributed by atoms with Crippen LogP contribution in [0.2, 0.25) is 5.02 Å². The lowest BCUT2D eigenvalue weighted by Gasteiger charge is -2.29. The molecule has 3 heterocycles. The Morgan fingerprint density at radius 3 is 2.87 bits per heavy atom. The number of hydrogen-bond donors (Lipinski definition) is 1. The van der Waals surface area contributed by atoms with Crippen LogP contribution in [-0.2, 0) is 14.4 Å². The zero-order chi connectivity index (χ0) is 21.5. The van der Waals surface area contributed by atoms with Gasteiger partial charge in [0.25, 0.3) is 11.1 Å². The summed E-state index contributed by atoms with van der Waals surface area (Å²) in [6.07, 6.45) is 2.80. The van der Waals surface area contributed by atoms with Crippen molar-refractivity contribution < 1.29 is 19.2 Å². The zero-order valence-electron chi connectivity index (χ0n) is 16.2. The molecule has 3 aliphatic rings. The molecule has 3 aliphatic heterocycles. The van der Waals surface area contributed by atoms with E-state index in [1.165, 1.54) is 0 Å². The summed E-state index contributed by atoms with van der Waals surface area (Å²) in [5.74, 6) is -0.104. The lowest BCUT2D eigenvalue weighted by Crippen LogP contribution is -2.51. The van der Waals surface area contributed by atoms with Gasteiger partial charge in [0.1, 0.15) is 6.04 Å². The number of fused-ring (bicyclic) bond motifs is 1. The van der Waals surface area contributed by atoms with Gasteiger partial charge in [-0.1, -0.05) is 29.8 Å². The van der Waals surface area contributed by atoms with Crippen molar-refractivity contribution in [3.63, 3.8) is 0 Å². The van der Waals surface area contributed by atoms with Crippen LogP contribution >= 0.6 is 35.1 Å². The predicted molar refractivity (Wildman–Crippen MR) is 118 cm³/mol. The van der Waals surface area contributed by atoms with Crippen LogP contribution in [0.4, 0.5) is 4.79 Å². The highest BCUT2D eigenvalue weighted by atomic mass is 35.5. The molecule has 0 radical (unpaired) electrons. The number of amides is 4. The molecule has 0 bridgehead atoms. The van der Waals surface area contributed by atoms with Gasteiger partial charge < -0.3 is 10.2 Å². The standard InChI is InChI=1S/C20H20ClN3O4S2/c1-20-7-6-16(25)24(20)14(11-29-20)17(26)22-8-9-23-18(27)15(30-19(23)28)10-12-4-2-3-5-13(12)21/h2-5,10,14H,6-9,11H2,1H3,(H,22,26)/b15-10-/t14-,20+/m1/s1. The van der Waals surface area contributed by atoms with E-state index in [0.717, 1.165) is 23.1 Å². The normalized spacial score (nSPS) is 27.3. The highest BCUT2D eigenvalue weighted by molar-refractivity contribution is 8.18. The average molecular weight is 466 g/mol. The Kier molecular flexibility index (Phi) is 5.87. The van der Waals surface area contributed by atoms with Gasteiger partial charge in [0.15, 0.2) is 0 Å². The van der Waals surface area contributed by atoms with Gasteiger partial charge in [0, 0.05) is 30.3 Å². The number of halogens is 1. The molecule has 4 amide bonds. The summed E-state index contributed by atoms with van der Waals surface area (Å²) in [7, 11) is 0. The lowest BCUT2D eigenvalue weighted by molar-refractivity contribution is -0.137. The number of hydrogen-bond acceptors (Lipinski definition) is 6. The fourth-order valence-corrected chi connectivity index (χ4v) is 6.33. The minimum atomic E-state index is -0.509. The van der Waals surface area contributed by atoms with E-state index in [-0.39, 0.29) is 35.0 Å². The first-order valence-corrected chi connectivity index (χ1v) is 11.7. The van der Waals surface area contributed by atoms with Crippen molar-refractivity contribution in [3.05, 3.63) is 39.8 Å². The molecule has 0 aliphatic carbocycles. The molecule has 30 heavy (non-hydrogen) atoms. The van der Waals surface area contributed by atoms with Gasteiger partial charge in [-0.15, -0.1) is 11.8 Å². The van der Waals surface area contributed by atoms with Crippen LogP contribution in [0.1, 0.15) is 25.3 Å². The van der Waals surface area contributed by atoms with E-state index in [0.29, 0.717) is 27.7 Å². The first-order valence-electron chi connectivity index (χ1n) is 9.54. The van der Waals surface area contributed by atoms with Crippen molar-refractivity contribution in [2.24, 2.45) is 0 Å². The fraction of sp³-hybridized carbons (Fsp3) is 0.400. The number of thioether (sulfide) groups is 2. The smallest absolute Gasteiger partial charge is 0.293 e. The summed E-state index contributed by atoms with van der Waals surface area (Å²) in [6, 6.07) is 6.56. The molecule has 0 saturated carbocycles. The third-order valence-corrected chi connectivity index (χ3v) is 8.20. The number of imide groups is 1. The lowest BCUT2D eigenvalue weighted by atomic mass is 10.2. The number of carbonyl (C=O) groups is 4. The summed E-state index contributed by atoms with van der Waals surface area (Å²) < 4.78 is 0. The minimum absolute atomic E-state index is 0.00157. The molecule has 0 unspecified atom stereocenters. The van der Waals surface area contributed by atoms with E-state index in [9.17, 15) is 19.2 Å². The molecule has 3 fully saturated rings. The van der Waals surface area contributed by atoms with Crippen molar-refractivity contribution in [2.75, 3.05) is 18.8 Å². The first kappa shape index (κ1) is 21.3. The molecule has 158 valence electrons. The SMILES string of the molecule is C[C@]12CCC(=O)N1[C@@H](C(=O)NCCN1C(=O)S/C(=C\c3ccccc3Cl)C1=O)CS2. The Hall–Kier alpha value is -1.97. The maximum Gasteiger partial charge on any atom is 0.293 e. The van der Waals surface area contributed by atoms with E-state index in [2.05, 4.69) is 5.32 Å². The van der Waals surface area contributed by atoms with Gasteiger partial charge in [-0.05, 0) is 42.8 Å². The van der Waals surface area contributed by atoms with Gasteiger partial charge in [-0.2, -0.15) is 0 Å². The predicted octanol–water partition coefficient (Wildman–Crippen LogP) is 2.95. The molecular weight excluding hydrogens is 446 g/mol. The van der Waals surface area contributed by atoms with E-state index in [1.54, 1.807) is 47.0 Å².